The highest BCUT2D eigenvalue weighted by atomic mass is 16.5. The number of quaternary nitrogens is 1. The highest BCUT2D eigenvalue weighted by molar-refractivity contribution is 5.96. The smallest absolute Gasteiger partial charge is 0.282 e. The molecule has 154 valence electrons. The molecule has 0 aromatic heterocycles. The van der Waals surface area contributed by atoms with Gasteiger partial charge < -0.3 is 19.9 Å². The third-order valence-corrected chi connectivity index (χ3v) is 5.48. The minimum atomic E-state index is -0.147. The van der Waals surface area contributed by atoms with Crippen LogP contribution in [-0.2, 0) is 4.79 Å². The van der Waals surface area contributed by atoms with Gasteiger partial charge in [0.2, 0.25) is 0 Å². The summed E-state index contributed by atoms with van der Waals surface area (Å²) in [4.78, 5) is 27.7. The molecule has 3 rings (SSSR count). The van der Waals surface area contributed by atoms with Crippen LogP contribution in [0.1, 0.15) is 31.1 Å². The summed E-state index contributed by atoms with van der Waals surface area (Å²) in [6.45, 7) is 9.68. The number of para-hydroxylation sites is 2. The van der Waals surface area contributed by atoms with Gasteiger partial charge in [-0.05, 0) is 57.2 Å². The van der Waals surface area contributed by atoms with Crippen molar-refractivity contribution in [3.05, 3.63) is 54.1 Å². The number of hydrogen-bond acceptors (Lipinski definition) is 4. The molecule has 2 aromatic carbocycles. The largest absolute Gasteiger partial charge is 0.492 e. The molecular formula is C23H30N3O3+. The van der Waals surface area contributed by atoms with Gasteiger partial charge in [-0.3, -0.25) is 9.59 Å². The van der Waals surface area contributed by atoms with E-state index in [9.17, 15) is 9.59 Å². The van der Waals surface area contributed by atoms with Crippen molar-refractivity contribution in [1.29, 1.82) is 0 Å². The van der Waals surface area contributed by atoms with Crippen molar-refractivity contribution in [3.8, 4) is 5.75 Å². The van der Waals surface area contributed by atoms with Crippen molar-refractivity contribution in [2.45, 2.75) is 26.8 Å². The van der Waals surface area contributed by atoms with E-state index < -0.39 is 0 Å². The van der Waals surface area contributed by atoms with Crippen LogP contribution in [0.15, 0.2) is 48.5 Å². The first kappa shape index (κ1) is 20.9. The Morgan fingerprint density at radius 2 is 1.76 bits per heavy atom. The Kier molecular flexibility index (Phi) is 6.88. The Morgan fingerprint density at radius 1 is 1.10 bits per heavy atom. The number of hydrogen-bond donors (Lipinski definition) is 2. The molecule has 1 fully saturated rings. The molecule has 1 atom stereocenters. The van der Waals surface area contributed by atoms with Gasteiger partial charge >= 0.3 is 0 Å². The molecule has 6 nitrogen and oxygen atoms in total. The van der Waals surface area contributed by atoms with Gasteiger partial charge in [0.05, 0.1) is 38.5 Å². The number of piperazine rings is 1. The van der Waals surface area contributed by atoms with Crippen LogP contribution in [-0.4, -0.2) is 50.5 Å². The number of rotatable bonds is 7. The van der Waals surface area contributed by atoms with E-state index in [-0.39, 0.29) is 17.7 Å². The Balaban J connectivity index is 1.56. The van der Waals surface area contributed by atoms with Crippen LogP contribution in [0.4, 0.5) is 11.4 Å². The Bertz CT molecular complexity index is 843. The highest BCUT2D eigenvalue weighted by Gasteiger charge is 2.30. The molecule has 0 saturated carbocycles. The van der Waals surface area contributed by atoms with Crippen LogP contribution >= 0.6 is 0 Å². The number of amides is 1. The lowest BCUT2D eigenvalue weighted by atomic mass is 10.1. The second-order valence-electron chi connectivity index (χ2n) is 7.39. The minimum Gasteiger partial charge on any atom is -0.492 e. The lowest BCUT2D eigenvalue weighted by Crippen LogP contribution is -3.19. The second-order valence-corrected chi connectivity index (χ2v) is 7.39. The van der Waals surface area contributed by atoms with Gasteiger partial charge in [0.1, 0.15) is 5.75 Å². The van der Waals surface area contributed by atoms with E-state index in [1.807, 2.05) is 32.0 Å². The van der Waals surface area contributed by atoms with E-state index in [0.29, 0.717) is 12.2 Å². The molecule has 1 heterocycles. The third kappa shape index (κ3) is 5.15. The van der Waals surface area contributed by atoms with Crippen molar-refractivity contribution < 1.29 is 19.2 Å². The molecule has 1 saturated heterocycles. The van der Waals surface area contributed by atoms with Crippen LogP contribution in [0.2, 0.25) is 0 Å². The quantitative estimate of drug-likeness (QED) is 0.703. The molecule has 2 N–H and O–H groups in total. The number of carbonyl (C=O) groups excluding carboxylic acids is 2. The summed E-state index contributed by atoms with van der Waals surface area (Å²) < 4.78 is 5.76. The Morgan fingerprint density at radius 3 is 2.38 bits per heavy atom. The number of benzene rings is 2. The molecule has 1 amide bonds. The Labute approximate surface area is 172 Å². The van der Waals surface area contributed by atoms with Crippen LogP contribution in [0, 0.1) is 0 Å². The van der Waals surface area contributed by atoms with Crippen LogP contribution in [0.3, 0.4) is 0 Å². The summed E-state index contributed by atoms with van der Waals surface area (Å²) in [5.41, 5.74) is 2.48. The van der Waals surface area contributed by atoms with E-state index in [1.165, 1.54) is 11.8 Å². The van der Waals surface area contributed by atoms with Gasteiger partial charge in [0.15, 0.2) is 11.8 Å². The topological polar surface area (TPSA) is 63.1 Å². The lowest BCUT2D eigenvalue weighted by molar-refractivity contribution is -0.914. The predicted octanol–water partition coefficient (Wildman–Crippen LogP) is 2.02. The number of ether oxygens (including phenoxy) is 1. The normalized spacial score (nSPS) is 15.6. The fourth-order valence-corrected chi connectivity index (χ4v) is 3.69. The summed E-state index contributed by atoms with van der Waals surface area (Å²) in [6.07, 6.45) is 0. The van der Waals surface area contributed by atoms with Gasteiger partial charge in [0, 0.05) is 11.3 Å². The van der Waals surface area contributed by atoms with Crippen molar-refractivity contribution in [2.24, 2.45) is 0 Å². The zero-order valence-electron chi connectivity index (χ0n) is 17.4. The van der Waals surface area contributed by atoms with E-state index in [2.05, 4.69) is 16.3 Å². The molecule has 6 heteroatoms. The summed E-state index contributed by atoms with van der Waals surface area (Å²) in [6, 6.07) is 15.0. The fourth-order valence-electron chi connectivity index (χ4n) is 3.69. The number of Topliss-reactive ketones (excluding diaryl/α,β-unsaturated/α-hetero) is 1. The van der Waals surface area contributed by atoms with Crippen LogP contribution < -0.4 is 19.9 Å². The third-order valence-electron chi connectivity index (χ3n) is 5.48. The highest BCUT2D eigenvalue weighted by Crippen LogP contribution is 2.27. The molecule has 0 unspecified atom stereocenters. The first-order valence-electron chi connectivity index (χ1n) is 10.2. The molecule has 0 spiro atoms. The summed E-state index contributed by atoms with van der Waals surface area (Å²) >= 11 is 0. The molecule has 1 aliphatic heterocycles. The number of ketones is 1. The SMILES string of the molecule is CCOc1ccccc1N1CC[NH+]([C@H](C)C(=O)Nc2ccc(C(C)=O)cc2)CC1. The second kappa shape index (κ2) is 9.56. The number of nitrogens with zero attached hydrogens (tertiary/aromatic N) is 1. The maximum Gasteiger partial charge on any atom is 0.282 e. The average Bonchev–Trinajstić information content (AvgIpc) is 2.74. The summed E-state index contributed by atoms with van der Waals surface area (Å²) in [5, 5.41) is 2.97. The molecule has 29 heavy (non-hydrogen) atoms. The monoisotopic (exact) mass is 396 g/mol. The van der Waals surface area contributed by atoms with Gasteiger partial charge in [0.25, 0.3) is 5.91 Å². The molecule has 0 bridgehead atoms. The number of nitrogens with one attached hydrogen (secondary N) is 2. The molecule has 1 aliphatic rings. The van der Waals surface area contributed by atoms with Gasteiger partial charge in [-0.25, -0.2) is 0 Å². The lowest BCUT2D eigenvalue weighted by Gasteiger charge is -2.36. The predicted molar refractivity (Wildman–Crippen MR) is 115 cm³/mol. The number of carbonyl (C=O) groups is 2. The van der Waals surface area contributed by atoms with Crippen molar-refractivity contribution in [3.63, 3.8) is 0 Å². The number of anilines is 2. The minimum absolute atomic E-state index is 0.00117. The van der Waals surface area contributed by atoms with Crippen molar-refractivity contribution in [1.82, 2.24) is 0 Å². The first-order valence-corrected chi connectivity index (χ1v) is 10.2. The molecule has 0 radical (unpaired) electrons. The zero-order chi connectivity index (χ0) is 20.8. The maximum absolute atomic E-state index is 12.7. The fraction of sp³-hybridized carbons (Fsp3) is 0.391. The van der Waals surface area contributed by atoms with Gasteiger partial charge in [-0.1, -0.05) is 12.1 Å². The van der Waals surface area contributed by atoms with Gasteiger partial charge in [-0.2, -0.15) is 0 Å². The van der Waals surface area contributed by atoms with Crippen molar-refractivity contribution in [2.75, 3.05) is 43.0 Å². The standard InChI is InChI=1S/C23H29N3O3/c1-4-29-22-8-6-5-7-21(22)26-15-13-25(14-16-26)17(2)23(28)24-20-11-9-19(10-12-20)18(3)27/h5-12,17H,4,13-16H2,1-3H3,(H,24,28)/p+1/t17-/m1/s1. The zero-order valence-corrected chi connectivity index (χ0v) is 17.4. The van der Waals surface area contributed by atoms with Crippen molar-refractivity contribution >= 4 is 23.1 Å². The van der Waals surface area contributed by atoms with E-state index in [0.717, 1.165) is 43.3 Å². The molecule has 2 aromatic rings. The van der Waals surface area contributed by atoms with E-state index >= 15 is 0 Å². The summed E-state index contributed by atoms with van der Waals surface area (Å²) in [7, 11) is 0. The van der Waals surface area contributed by atoms with Crippen LogP contribution in [0.25, 0.3) is 0 Å². The summed E-state index contributed by atoms with van der Waals surface area (Å²) in [5.74, 6) is 0.932. The maximum atomic E-state index is 12.7. The average molecular weight is 397 g/mol. The first-order chi connectivity index (χ1) is 14.0. The van der Waals surface area contributed by atoms with E-state index in [4.69, 9.17) is 4.74 Å². The van der Waals surface area contributed by atoms with Crippen LogP contribution in [0.5, 0.6) is 5.75 Å². The molecular weight excluding hydrogens is 366 g/mol. The Hall–Kier alpha value is -2.86. The van der Waals surface area contributed by atoms with Gasteiger partial charge in [-0.15, -0.1) is 0 Å². The molecule has 0 aliphatic carbocycles. The van der Waals surface area contributed by atoms with E-state index in [1.54, 1.807) is 24.3 Å².